The summed E-state index contributed by atoms with van der Waals surface area (Å²) in [5, 5.41) is 12.9. The fraction of sp³-hybridized carbons (Fsp3) is 0.667. The Labute approximate surface area is 130 Å². The number of aliphatic hydroxyl groups is 1. The lowest BCUT2D eigenvalue weighted by Crippen LogP contribution is -2.49. The highest BCUT2D eigenvalue weighted by molar-refractivity contribution is 5.25. The van der Waals surface area contributed by atoms with Gasteiger partial charge in [0.2, 0.25) is 0 Å². The van der Waals surface area contributed by atoms with E-state index in [2.05, 4.69) is 75.2 Å². The predicted molar refractivity (Wildman–Crippen MR) is 90.7 cm³/mol. The van der Waals surface area contributed by atoms with Crippen LogP contribution in [0.2, 0.25) is 0 Å². The van der Waals surface area contributed by atoms with Gasteiger partial charge in [-0.05, 0) is 19.4 Å². The van der Waals surface area contributed by atoms with E-state index in [1.54, 1.807) is 0 Å². The van der Waals surface area contributed by atoms with E-state index in [4.69, 9.17) is 0 Å². The molecule has 0 aromatic heterocycles. The van der Waals surface area contributed by atoms with Crippen LogP contribution in [-0.4, -0.2) is 48.3 Å². The van der Waals surface area contributed by atoms with Gasteiger partial charge in [-0.2, -0.15) is 0 Å². The van der Waals surface area contributed by atoms with Gasteiger partial charge < -0.3 is 10.4 Å². The number of benzene rings is 1. The molecule has 0 aliphatic rings. The monoisotopic (exact) mass is 292 g/mol. The van der Waals surface area contributed by atoms with Crippen LogP contribution in [0.25, 0.3) is 0 Å². The SMILES string of the molecule is CC(C)NCC(C)(CN(CCO)C(C)C)c1ccccc1. The van der Waals surface area contributed by atoms with E-state index < -0.39 is 0 Å². The van der Waals surface area contributed by atoms with Crippen LogP contribution in [0.5, 0.6) is 0 Å². The summed E-state index contributed by atoms with van der Waals surface area (Å²) in [7, 11) is 0. The maximum absolute atomic E-state index is 9.31. The van der Waals surface area contributed by atoms with Crippen LogP contribution in [0.3, 0.4) is 0 Å². The minimum atomic E-state index is 0.0327. The normalized spacial score (nSPS) is 14.9. The fourth-order valence-corrected chi connectivity index (χ4v) is 2.62. The third kappa shape index (κ3) is 5.77. The zero-order chi connectivity index (χ0) is 15.9. The van der Waals surface area contributed by atoms with Crippen molar-refractivity contribution in [3.05, 3.63) is 35.9 Å². The molecule has 1 atom stereocenters. The average molecular weight is 292 g/mol. The number of hydrogen-bond donors (Lipinski definition) is 2. The summed E-state index contributed by atoms with van der Waals surface area (Å²) in [4.78, 5) is 2.36. The van der Waals surface area contributed by atoms with Crippen LogP contribution in [0, 0.1) is 0 Å². The molecule has 21 heavy (non-hydrogen) atoms. The van der Waals surface area contributed by atoms with Crippen molar-refractivity contribution in [3.8, 4) is 0 Å². The third-order valence-corrected chi connectivity index (χ3v) is 4.04. The number of hydrogen-bond acceptors (Lipinski definition) is 3. The summed E-state index contributed by atoms with van der Waals surface area (Å²) in [6.07, 6.45) is 0. The van der Waals surface area contributed by atoms with Gasteiger partial charge in [-0.3, -0.25) is 4.90 Å². The second-order valence-corrected chi connectivity index (χ2v) is 6.75. The Hall–Kier alpha value is -0.900. The molecule has 0 amide bonds. The molecule has 0 saturated heterocycles. The molecule has 1 unspecified atom stereocenters. The molecule has 1 aromatic rings. The molecular formula is C18H32N2O. The Kier molecular flexibility index (Phi) is 7.36. The van der Waals surface area contributed by atoms with E-state index in [9.17, 15) is 5.11 Å². The first-order valence-corrected chi connectivity index (χ1v) is 8.03. The van der Waals surface area contributed by atoms with Crippen molar-refractivity contribution in [2.75, 3.05) is 26.2 Å². The molecule has 0 spiro atoms. The Balaban J connectivity index is 2.95. The Morgan fingerprint density at radius 3 is 2.24 bits per heavy atom. The lowest BCUT2D eigenvalue weighted by atomic mass is 9.81. The molecule has 0 bridgehead atoms. The molecule has 3 heteroatoms. The van der Waals surface area contributed by atoms with E-state index in [1.807, 2.05) is 0 Å². The third-order valence-electron chi connectivity index (χ3n) is 4.04. The summed E-state index contributed by atoms with van der Waals surface area (Å²) in [6, 6.07) is 11.6. The number of rotatable bonds is 9. The molecule has 1 aromatic carbocycles. The first-order chi connectivity index (χ1) is 9.89. The van der Waals surface area contributed by atoms with E-state index in [0.29, 0.717) is 12.1 Å². The van der Waals surface area contributed by atoms with Crippen molar-refractivity contribution in [3.63, 3.8) is 0 Å². The molecule has 1 rings (SSSR count). The smallest absolute Gasteiger partial charge is 0.0558 e. The van der Waals surface area contributed by atoms with E-state index in [0.717, 1.165) is 19.6 Å². The molecule has 2 N–H and O–H groups in total. The summed E-state index contributed by atoms with van der Waals surface area (Å²) in [5.74, 6) is 0. The highest BCUT2D eigenvalue weighted by atomic mass is 16.3. The Morgan fingerprint density at radius 1 is 1.14 bits per heavy atom. The minimum Gasteiger partial charge on any atom is -0.395 e. The van der Waals surface area contributed by atoms with Crippen molar-refractivity contribution in [2.45, 2.75) is 52.1 Å². The van der Waals surface area contributed by atoms with E-state index in [-0.39, 0.29) is 12.0 Å². The number of aliphatic hydroxyl groups excluding tert-OH is 1. The lowest BCUT2D eigenvalue weighted by molar-refractivity contribution is 0.135. The molecule has 0 saturated carbocycles. The molecule has 0 aliphatic carbocycles. The topological polar surface area (TPSA) is 35.5 Å². The van der Waals surface area contributed by atoms with Gasteiger partial charge in [0.05, 0.1) is 6.61 Å². The van der Waals surface area contributed by atoms with Gasteiger partial charge in [0.1, 0.15) is 0 Å². The standard InChI is InChI=1S/C18H32N2O/c1-15(2)19-13-18(5,17-9-7-6-8-10-17)14-20(11-12-21)16(3)4/h6-10,15-16,19,21H,11-14H2,1-5H3. The summed E-state index contributed by atoms with van der Waals surface area (Å²) in [6.45, 7) is 13.9. The zero-order valence-corrected chi connectivity index (χ0v) is 14.3. The second kappa shape index (κ2) is 8.52. The zero-order valence-electron chi connectivity index (χ0n) is 14.3. The van der Waals surface area contributed by atoms with Gasteiger partial charge in [-0.25, -0.2) is 0 Å². The molecule has 3 nitrogen and oxygen atoms in total. The van der Waals surface area contributed by atoms with Crippen LogP contribution in [0.15, 0.2) is 30.3 Å². The van der Waals surface area contributed by atoms with E-state index >= 15 is 0 Å². The molecular weight excluding hydrogens is 260 g/mol. The summed E-state index contributed by atoms with van der Waals surface area (Å²) < 4.78 is 0. The fourth-order valence-electron chi connectivity index (χ4n) is 2.62. The van der Waals surface area contributed by atoms with Crippen LogP contribution < -0.4 is 5.32 Å². The molecule has 0 heterocycles. The van der Waals surface area contributed by atoms with Crippen molar-refractivity contribution < 1.29 is 5.11 Å². The summed E-state index contributed by atoms with van der Waals surface area (Å²) in [5.41, 5.74) is 1.38. The average Bonchev–Trinajstić information content (AvgIpc) is 2.45. The molecule has 0 radical (unpaired) electrons. The van der Waals surface area contributed by atoms with Gasteiger partial charge in [-0.15, -0.1) is 0 Å². The first-order valence-electron chi connectivity index (χ1n) is 8.03. The number of nitrogens with zero attached hydrogens (tertiary/aromatic N) is 1. The highest BCUT2D eigenvalue weighted by Crippen LogP contribution is 2.25. The van der Waals surface area contributed by atoms with Crippen molar-refractivity contribution in [2.24, 2.45) is 0 Å². The molecule has 120 valence electrons. The van der Waals surface area contributed by atoms with Gasteiger partial charge in [0, 0.05) is 37.1 Å². The maximum atomic E-state index is 9.31. The van der Waals surface area contributed by atoms with Crippen molar-refractivity contribution in [1.82, 2.24) is 10.2 Å². The van der Waals surface area contributed by atoms with Crippen molar-refractivity contribution in [1.29, 1.82) is 0 Å². The lowest BCUT2D eigenvalue weighted by Gasteiger charge is -2.38. The van der Waals surface area contributed by atoms with Gasteiger partial charge in [-0.1, -0.05) is 51.1 Å². The Bertz CT molecular complexity index is 391. The van der Waals surface area contributed by atoms with Crippen LogP contribution >= 0.6 is 0 Å². The van der Waals surface area contributed by atoms with Crippen LogP contribution in [0.1, 0.15) is 40.2 Å². The summed E-state index contributed by atoms with van der Waals surface area (Å²) >= 11 is 0. The number of nitrogens with one attached hydrogen (secondary N) is 1. The quantitative estimate of drug-likeness (QED) is 0.734. The van der Waals surface area contributed by atoms with Crippen LogP contribution in [0.4, 0.5) is 0 Å². The Morgan fingerprint density at radius 2 is 1.76 bits per heavy atom. The highest BCUT2D eigenvalue weighted by Gasteiger charge is 2.30. The van der Waals surface area contributed by atoms with Gasteiger partial charge >= 0.3 is 0 Å². The minimum absolute atomic E-state index is 0.0327. The first kappa shape index (κ1) is 18.1. The maximum Gasteiger partial charge on any atom is 0.0558 e. The van der Waals surface area contributed by atoms with Crippen LogP contribution in [-0.2, 0) is 5.41 Å². The predicted octanol–water partition coefficient (Wildman–Crippen LogP) is 2.65. The second-order valence-electron chi connectivity index (χ2n) is 6.75. The van der Waals surface area contributed by atoms with Crippen molar-refractivity contribution >= 4 is 0 Å². The van der Waals surface area contributed by atoms with E-state index in [1.165, 1.54) is 5.56 Å². The molecule has 0 fully saturated rings. The van der Waals surface area contributed by atoms with Gasteiger partial charge in [0.25, 0.3) is 0 Å². The van der Waals surface area contributed by atoms with Gasteiger partial charge in [0.15, 0.2) is 0 Å². The molecule has 0 aliphatic heterocycles. The largest absolute Gasteiger partial charge is 0.395 e.